The molecule has 0 spiro atoms. The summed E-state index contributed by atoms with van der Waals surface area (Å²) in [5.74, 6) is -0.521. The van der Waals surface area contributed by atoms with Crippen molar-refractivity contribution in [2.45, 2.75) is 18.8 Å². The van der Waals surface area contributed by atoms with Gasteiger partial charge in [-0.1, -0.05) is 12.1 Å². The van der Waals surface area contributed by atoms with Crippen LogP contribution in [0.1, 0.15) is 34.1 Å². The summed E-state index contributed by atoms with van der Waals surface area (Å²) in [7, 11) is 0. The maximum atomic E-state index is 13.0. The van der Waals surface area contributed by atoms with Crippen molar-refractivity contribution < 1.29 is 14.0 Å². The molecule has 1 fully saturated rings. The molecule has 1 saturated heterocycles. The van der Waals surface area contributed by atoms with Crippen molar-refractivity contribution in [3.63, 3.8) is 0 Å². The van der Waals surface area contributed by atoms with Gasteiger partial charge in [0.25, 0.3) is 5.91 Å². The number of hydrogen-bond donors (Lipinski definition) is 2. The fourth-order valence-electron chi connectivity index (χ4n) is 3.24. The number of hydrogen-bond acceptors (Lipinski definition) is 5. The van der Waals surface area contributed by atoms with Gasteiger partial charge in [0, 0.05) is 36.3 Å². The number of H-pyrrole nitrogens is 1. The Morgan fingerprint density at radius 3 is 2.89 bits per heavy atom. The van der Waals surface area contributed by atoms with Crippen LogP contribution in [0, 0.1) is 5.82 Å². The molecule has 1 aliphatic rings. The molecule has 3 heterocycles. The second-order valence-electron chi connectivity index (χ2n) is 6.63. The quantitative estimate of drug-likeness (QED) is 0.690. The molecule has 2 N–H and O–H groups in total. The molecule has 1 atom stereocenters. The number of nitrogens with zero attached hydrogens (tertiary/aromatic N) is 3. The Morgan fingerprint density at radius 2 is 2.14 bits per heavy atom. The monoisotopic (exact) mass is 399 g/mol. The minimum atomic E-state index is -0.320. The van der Waals surface area contributed by atoms with E-state index in [0.717, 1.165) is 17.7 Å². The molecule has 28 heavy (non-hydrogen) atoms. The first kappa shape index (κ1) is 18.3. The average molecular weight is 399 g/mol. The number of halogens is 1. The van der Waals surface area contributed by atoms with Gasteiger partial charge in [-0.2, -0.15) is 5.10 Å². The van der Waals surface area contributed by atoms with Crippen LogP contribution in [0.5, 0.6) is 0 Å². The summed E-state index contributed by atoms with van der Waals surface area (Å²) < 4.78 is 13.0. The van der Waals surface area contributed by atoms with Crippen LogP contribution in [0.3, 0.4) is 0 Å². The second-order valence-corrected chi connectivity index (χ2v) is 7.52. The first-order chi connectivity index (χ1) is 13.6. The molecule has 4 rings (SSSR count). The second kappa shape index (κ2) is 7.89. The van der Waals surface area contributed by atoms with Crippen LogP contribution in [0.25, 0.3) is 0 Å². The first-order valence-electron chi connectivity index (χ1n) is 8.87. The van der Waals surface area contributed by atoms with Crippen molar-refractivity contribution in [1.82, 2.24) is 20.1 Å². The number of nitrogens with one attached hydrogen (secondary N) is 2. The molecule has 9 heteroatoms. The summed E-state index contributed by atoms with van der Waals surface area (Å²) in [6.45, 7) is 1.21. The van der Waals surface area contributed by atoms with Crippen LogP contribution in [0.4, 0.5) is 9.52 Å². The summed E-state index contributed by atoms with van der Waals surface area (Å²) in [5.41, 5.74) is 1.92. The number of carbonyl (C=O) groups is 2. The normalized spacial score (nSPS) is 16.3. The van der Waals surface area contributed by atoms with Crippen LogP contribution in [0.15, 0.2) is 41.9 Å². The van der Waals surface area contributed by atoms with Gasteiger partial charge in [0.15, 0.2) is 10.8 Å². The Balaban J connectivity index is 1.35. The first-order valence-corrected chi connectivity index (χ1v) is 9.75. The Bertz CT molecular complexity index is 971. The van der Waals surface area contributed by atoms with Crippen LogP contribution in [-0.4, -0.2) is 45.0 Å². The number of carbonyl (C=O) groups excluding carboxylic acids is 2. The van der Waals surface area contributed by atoms with E-state index in [2.05, 4.69) is 20.5 Å². The van der Waals surface area contributed by atoms with Gasteiger partial charge in [0.2, 0.25) is 5.91 Å². The lowest BCUT2D eigenvalue weighted by Gasteiger charge is -2.16. The predicted octanol–water partition coefficient (Wildman–Crippen LogP) is 2.82. The van der Waals surface area contributed by atoms with E-state index in [1.54, 1.807) is 34.7 Å². The van der Waals surface area contributed by atoms with Gasteiger partial charge in [-0.25, -0.2) is 9.37 Å². The van der Waals surface area contributed by atoms with Gasteiger partial charge in [-0.3, -0.25) is 20.0 Å². The predicted molar refractivity (Wildman–Crippen MR) is 103 cm³/mol. The molecule has 0 bridgehead atoms. The minimum Gasteiger partial charge on any atom is -0.342 e. The zero-order chi connectivity index (χ0) is 19.5. The summed E-state index contributed by atoms with van der Waals surface area (Å²) in [6, 6.07) is 7.70. The third-order valence-corrected chi connectivity index (χ3v) is 5.42. The maximum Gasteiger partial charge on any atom is 0.277 e. The molecule has 0 unspecified atom stereocenters. The molecule has 144 valence electrons. The van der Waals surface area contributed by atoms with Gasteiger partial charge in [-0.05, 0) is 30.2 Å². The molecule has 3 aromatic rings. The molecule has 0 saturated carbocycles. The van der Waals surface area contributed by atoms with Crippen molar-refractivity contribution >= 4 is 28.3 Å². The molecule has 7 nitrogen and oxygen atoms in total. The maximum absolute atomic E-state index is 13.0. The van der Waals surface area contributed by atoms with E-state index < -0.39 is 0 Å². The Labute approximate surface area is 164 Å². The number of aromatic amines is 1. The molecule has 2 aromatic heterocycles. The number of likely N-dealkylation sites (tertiary alicyclic amines) is 1. The third-order valence-electron chi connectivity index (χ3n) is 4.73. The Kier molecular flexibility index (Phi) is 5.16. The van der Waals surface area contributed by atoms with Crippen LogP contribution < -0.4 is 5.32 Å². The summed E-state index contributed by atoms with van der Waals surface area (Å²) >= 11 is 1.34. The number of rotatable bonds is 5. The highest BCUT2D eigenvalue weighted by Crippen LogP contribution is 2.27. The van der Waals surface area contributed by atoms with Gasteiger partial charge >= 0.3 is 0 Å². The van der Waals surface area contributed by atoms with Crippen molar-refractivity contribution in [1.29, 1.82) is 0 Å². The third kappa shape index (κ3) is 4.09. The molecular formula is C19H18FN5O2S. The molecule has 0 aliphatic carbocycles. The highest BCUT2D eigenvalue weighted by molar-refractivity contribution is 7.13. The molecule has 1 aromatic carbocycles. The number of thiazole rings is 1. The zero-order valence-electron chi connectivity index (χ0n) is 14.9. The number of aromatic nitrogens is 3. The highest BCUT2D eigenvalue weighted by Gasteiger charge is 2.29. The van der Waals surface area contributed by atoms with Crippen molar-refractivity contribution in [2.24, 2.45) is 0 Å². The van der Waals surface area contributed by atoms with Crippen LogP contribution in [0.2, 0.25) is 0 Å². The van der Waals surface area contributed by atoms with E-state index in [1.165, 1.54) is 23.5 Å². The van der Waals surface area contributed by atoms with Gasteiger partial charge < -0.3 is 4.90 Å². The highest BCUT2D eigenvalue weighted by atomic mass is 32.1. The van der Waals surface area contributed by atoms with E-state index in [1.807, 2.05) is 0 Å². The standard InChI is InChI=1S/C19H18FN5O2S/c20-14-3-1-12(2-4-14)9-17(26)25-7-5-13(11-25)15-10-16(24-23-15)18(27)22-19-21-6-8-28-19/h1-4,6,8,10,13H,5,7,9,11H2,(H,23,24)(H,21,22,27)/t13-/m0/s1. The van der Waals surface area contributed by atoms with E-state index in [4.69, 9.17) is 0 Å². The fraction of sp³-hybridized carbons (Fsp3) is 0.263. The molecule has 2 amide bonds. The molecular weight excluding hydrogens is 381 g/mol. The van der Waals surface area contributed by atoms with Crippen molar-refractivity contribution in [3.05, 3.63) is 64.7 Å². The molecule has 1 aliphatic heterocycles. The van der Waals surface area contributed by atoms with Crippen molar-refractivity contribution in [3.8, 4) is 0 Å². The van der Waals surface area contributed by atoms with E-state index in [0.29, 0.717) is 23.9 Å². The number of anilines is 1. The lowest BCUT2D eigenvalue weighted by atomic mass is 10.0. The van der Waals surface area contributed by atoms with Gasteiger partial charge in [0.1, 0.15) is 5.82 Å². The van der Waals surface area contributed by atoms with E-state index in [9.17, 15) is 14.0 Å². The zero-order valence-corrected chi connectivity index (χ0v) is 15.7. The van der Waals surface area contributed by atoms with Gasteiger partial charge in [-0.15, -0.1) is 11.3 Å². The van der Waals surface area contributed by atoms with Crippen LogP contribution >= 0.6 is 11.3 Å². The molecule has 0 radical (unpaired) electrons. The van der Waals surface area contributed by atoms with Crippen LogP contribution in [-0.2, 0) is 11.2 Å². The number of amides is 2. The summed E-state index contributed by atoms with van der Waals surface area (Å²) in [5, 5.41) is 12.0. The van der Waals surface area contributed by atoms with E-state index >= 15 is 0 Å². The van der Waals surface area contributed by atoms with Gasteiger partial charge in [0.05, 0.1) is 6.42 Å². The topological polar surface area (TPSA) is 91.0 Å². The summed E-state index contributed by atoms with van der Waals surface area (Å²) in [6.07, 6.45) is 2.66. The number of benzene rings is 1. The largest absolute Gasteiger partial charge is 0.342 e. The van der Waals surface area contributed by atoms with E-state index in [-0.39, 0.29) is 30.0 Å². The minimum absolute atomic E-state index is 0.00959. The van der Waals surface area contributed by atoms with Crippen molar-refractivity contribution in [2.75, 3.05) is 18.4 Å². The SMILES string of the molecule is O=C(Nc1nccs1)c1cc([C@H]2CCN(C(=O)Cc3ccc(F)cc3)C2)[nH]n1. The fourth-order valence-corrected chi connectivity index (χ4v) is 3.76. The Morgan fingerprint density at radius 1 is 1.32 bits per heavy atom. The average Bonchev–Trinajstić information content (AvgIpc) is 3.44. The Hall–Kier alpha value is -3.07. The summed E-state index contributed by atoms with van der Waals surface area (Å²) in [4.78, 5) is 30.5. The lowest BCUT2D eigenvalue weighted by molar-refractivity contribution is -0.129. The smallest absolute Gasteiger partial charge is 0.277 e. The lowest BCUT2D eigenvalue weighted by Crippen LogP contribution is -2.29.